The van der Waals surface area contributed by atoms with Crippen LogP contribution < -0.4 is 5.32 Å². The summed E-state index contributed by atoms with van der Waals surface area (Å²) in [7, 11) is 0. The van der Waals surface area contributed by atoms with Crippen LogP contribution in [0.15, 0.2) is 29.2 Å². The van der Waals surface area contributed by atoms with E-state index < -0.39 is 0 Å². The highest BCUT2D eigenvalue weighted by Gasteiger charge is 2.41. The number of rotatable bonds is 7. The quantitative estimate of drug-likeness (QED) is 0.753. The maximum absolute atomic E-state index is 9.80. The number of likely N-dealkylation sites (N-methyl/N-ethyl adjacent to an activating group) is 1. The largest absolute Gasteiger partial charge is 0.394 e. The summed E-state index contributed by atoms with van der Waals surface area (Å²) in [4.78, 5) is 1.35. The van der Waals surface area contributed by atoms with Crippen LogP contribution in [-0.4, -0.2) is 29.5 Å². The van der Waals surface area contributed by atoms with Crippen LogP contribution in [0.25, 0.3) is 0 Å². The number of hydrogen-bond acceptors (Lipinski definition) is 3. The highest BCUT2D eigenvalue weighted by Crippen LogP contribution is 2.38. The van der Waals surface area contributed by atoms with Gasteiger partial charge in [-0.2, -0.15) is 0 Å². The Balaban J connectivity index is 1.85. The minimum atomic E-state index is -0.0113. The summed E-state index contributed by atoms with van der Waals surface area (Å²) in [5.74, 6) is 1.76. The zero-order valence-electron chi connectivity index (χ0n) is 12.7. The van der Waals surface area contributed by atoms with E-state index in [1.165, 1.54) is 29.7 Å². The van der Waals surface area contributed by atoms with Crippen LogP contribution in [0.4, 0.5) is 0 Å². The second-order valence-electron chi connectivity index (χ2n) is 5.88. The van der Waals surface area contributed by atoms with Gasteiger partial charge in [0.2, 0.25) is 0 Å². The molecule has 0 bridgehead atoms. The first kappa shape index (κ1) is 15.9. The van der Waals surface area contributed by atoms with E-state index in [4.69, 9.17) is 0 Å². The molecule has 0 spiro atoms. The molecule has 0 saturated heterocycles. The van der Waals surface area contributed by atoms with Crippen LogP contribution >= 0.6 is 11.8 Å². The van der Waals surface area contributed by atoms with E-state index in [1.54, 1.807) is 0 Å². The van der Waals surface area contributed by atoms with E-state index in [2.05, 4.69) is 43.4 Å². The highest BCUT2D eigenvalue weighted by atomic mass is 32.2. The number of aryl methyl sites for hydroxylation is 1. The van der Waals surface area contributed by atoms with E-state index in [0.717, 1.165) is 18.7 Å². The SMILES string of the molecule is CCNC1(CO)CCCC1CCSc1ccc(C)cc1. The molecule has 0 heterocycles. The summed E-state index contributed by atoms with van der Waals surface area (Å²) in [6.07, 6.45) is 4.80. The van der Waals surface area contributed by atoms with Crippen molar-refractivity contribution >= 4 is 11.8 Å². The van der Waals surface area contributed by atoms with Crippen molar-refractivity contribution in [3.63, 3.8) is 0 Å². The number of aliphatic hydroxyl groups excluding tert-OH is 1. The van der Waals surface area contributed by atoms with Gasteiger partial charge in [-0.1, -0.05) is 31.0 Å². The molecule has 1 aromatic carbocycles. The van der Waals surface area contributed by atoms with E-state index in [1.807, 2.05) is 11.8 Å². The van der Waals surface area contributed by atoms with Crippen molar-refractivity contribution < 1.29 is 5.11 Å². The van der Waals surface area contributed by atoms with Gasteiger partial charge in [-0.15, -0.1) is 11.8 Å². The zero-order chi connectivity index (χ0) is 14.4. The minimum Gasteiger partial charge on any atom is -0.394 e. The maximum atomic E-state index is 9.80. The average molecular weight is 293 g/mol. The third-order valence-electron chi connectivity index (χ3n) is 4.52. The number of benzene rings is 1. The van der Waals surface area contributed by atoms with E-state index in [-0.39, 0.29) is 12.1 Å². The molecular formula is C17H27NOS. The molecule has 2 unspecified atom stereocenters. The van der Waals surface area contributed by atoms with Gasteiger partial charge in [0.25, 0.3) is 0 Å². The monoisotopic (exact) mass is 293 g/mol. The summed E-state index contributed by atoms with van der Waals surface area (Å²) >= 11 is 1.94. The van der Waals surface area contributed by atoms with E-state index in [9.17, 15) is 5.11 Å². The lowest BCUT2D eigenvalue weighted by molar-refractivity contribution is 0.124. The molecule has 2 rings (SSSR count). The molecule has 0 aromatic heterocycles. The van der Waals surface area contributed by atoms with Crippen LogP contribution in [0.3, 0.4) is 0 Å². The Kier molecular flexibility index (Phi) is 5.94. The van der Waals surface area contributed by atoms with Crippen molar-refractivity contribution in [2.45, 2.75) is 50.0 Å². The molecule has 0 radical (unpaired) electrons. The summed E-state index contributed by atoms with van der Waals surface area (Å²) < 4.78 is 0. The second kappa shape index (κ2) is 7.48. The predicted molar refractivity (Wildman–Crippen MR) is 87.4 cm³/mol. The molecule has 1 aromatic rings. The molecule has 1 saturated carbocycles. The van der Waals surface area contributed by atoms with Gasteiger partial charge in [-0.25, -0.2) is 0 Å². The van der Waals surface area contributed by atoms with E-state index >= 15 is 0 Å². The topological polar surface area (TPSA) is 32.3 Å². The smallest absolute Gasteiger partial charge is 0.0616 e. The van der Waals surface area contributed by atoms with Crippen molar-refractivity contribution in [2.24, 2.45) is 5.92 Å². The molecule has 1 aliphatic carbocycles. The van der Waals surface area contributed by atoms with Gasteiger partial charge in [0.05, 0.1) is 6.61 Å². The van der Waals surface area contributed by atoms with Gasteiger partial charge >= 0.3 is 0 Å². The number of hydrogen-bond donors (Lipinski definition) is 2. The third kappa shape index (κ3) is 3.78. The zero-order valence-corrected chi connectivity index (χ0v) is 13.5. The molecule has 2 N–H and O–H groups in total. The Morgan fingerprint density at radius 2 is 2.10 bits per heavy atom. The first-order valence-electron chi connectivity index (χ1n) is 7.75. The van der Waals surface area contributed by atoms with Gasteiger partial charge < -0.3 is 10.4 Å². The number of nitrogens with one attached hydrogen (secondary N) is 1. The highest BCUT2D eigenvalue weighted by molar-refractivity contribution is 7.99. The Labute approximate surface area is 127 Å². The van der Waals surface area contributed by atoms with Gasteiger partial charge in [-0.05, 0) is 56.5 Å². The molecular weight excluding hydrogens is 266 g/mol. The molecule has 0 amide bonds. The summed E-state index contributed by atoms with van der Waals surface area (Å²) in [5, 5.41) is 13.4. The molecule has 1 fully saturated rings. The molecule has 2 nitrogen and oxygen atoms in total. The van der Waals surface area contributed by atoms with Crippen LogP contribution in [0.5, 0.6) is 0 Å². The van der Waals surface area contributed by atoms with Crippen molar-refractivity contribution in [1.82, 2.24) is 5.32 Å². The van der Waals surface area contributed by atoms with Gasteiger partial charge in [0, 0.05) is 10.4 Å². The fraction of sp³-hybridized carbons (Fsp3) is 0.647. The third-order valence-corrected chi connectivity index (χ3v) is 5.57. The van der Waals surface area contributed by atoms with Crippen molar-refractivity contribution in [2.75, 3.05) is 18.9 Å². The van der Waals surface area contributed by atoms with Crippen molar-refractivity contribution in [3.8, 4) is 0 Å². The maximum Gasteiger partial charge on any atom is 0.0616 e. The van der Waals surface area contributed by atoms with Crippen molar-refractivity contribution in [3.05, 3.63) is 29.8 Å². The average Bonchev–Trinajstić information content (AvgIpc) is 2.85. The Morgan fingerprint density at radius 1 is 1.35 bits per heavy atom. The fourth-order valence-electron chi connectivity index (χ4n) is 3.37. The Hall–Kier alpha value is -0.510. The van der Waals surface area contributed by atoms with Gasteiger partial charge in [-0.3, -0.25) is 0 Å². The Bertz CT molecular complexity index is 406. The summed E-state index contributed by atoms with van der Waals surface area (Å²) in [6, 6.07) is 8.76. The van der Waals surface area contributed by atoms with Crippen LogP contribution in [0.1, 0.15) is 38.2 Å². The van der Waals surface area contributed by atoms with Crippen molar-refractivity contribution in [1.29, 1.82) is 0 Å². The Morgan fingerprint density at radius 3 is 2.75 bits per heavy atom. The minimum absolute atomic E-state index is 0.0113. The molecule has 3 heteroatoms. The fourth-order valence-corrected chi connectivity index (χ4v) is 4.33. The van der Waals surface area contributed by atoms with E-state index in [0.29, 0.717) is 5.92 Å². The lowest BCUT2D eigenvalue weighted by Crippen LogP contribution is -2.51. The van der Waals surface area contributed by atoms with Crippen LogP contribution in [-0.2, 0) is 0 Å². The molecule has 112 valence electrons. The summed E-state index contributed by atoms with van der Waals surface area (Å²) in [6.45, 7) is 5.48. The number of thioether (sulfide) groups is 1. The first-order valence-corrected chi connectivity index (χ1v) is 8.74. The van der Waals surface area contributed by atoms with Gasteiger partial charge in [0.15, 0.2) is 0 Å². The normalized spacial score (nSPS) is 26.1. The molecule has 2 atom stereocenters. The van der Waals surface area contributed by atoms with Crippen LogP contribution in [0, 0.1) is 12.8 Å². The van der Waals surface area contributed by atoms with Gasteiger partial charge in [0.1, 0.15) is 0 Å². The predicted octanol–water partition coefficient (Wildman–Crippen LogP) is 3.62. The van der Waals surface area contributed by atoms with Crippen LogP contribution in [0.2, 0.25) is 0 Å². The molecule has 0 aliphatic heterocycles. The number of aliphatic hydroxyl groups is 1. The summed E-state index contributed by atoms with van der Waals surface area (Å²) in [5.41, 5.74) is 1.30. The molecule has 20 heavy (non-hydrogen) atoms. The lowest BCUT2D eigenvalue weighted by atomic mass is 9.86. The second-order valence-corrected chi connectivity index (χ2v) is 7.05. The first-order chi connectivity index (χ1) is 9.70. The molecule has 1 aliphatic rings. The lowest BCUT2D eigenvalue weighted by Gasteiger charge is -2.35. The standard InChI is InChI=1S/C17H27NOS/c1-3-18-17(13-19)11-4-5-15(17)10-12-20-16-8-6-14(2)7-9-16/h6-9,15,18-19H,3-5,10-13H2,1-2H3.